The summed E-state index contributed by atoms with van der Waals surface area (Å²) in [6.07, 6.45) is 0. The van der Waals surface area contributed by atoms with Crippen LogP contribution in [0.2, 0.25) is 0 Å². The molecule has 0 aliphatic rings. The predicted molar refractivity (Wildman–Crippen MR) is 52.9 cm³/mol. The molecule has 4 nitrogen and oxygen atoms in total. The van der Waals surface area contributed by atoms with Crippen molar-refractivity contribution in [2.75, 3.05) is 5.75 Å². The first kappa shape index (κ1) is 12.3. The zero-order valence-electron chi connectivity index (χ0n) is 8.00. The molecule has 0 aromatic carbocycles. The lowest BCUT2D eigenvalue weighted by atomic mass is 9.95. The van der Waals surface area contributed by atoms with Gasteiger partial charge in [-0.3, -0.25) is 4.79 Å². The molecule has 0 rings (SSSR count). The molecule has 1 atom stereocenters. The van der Waals surface area contributed by atoms with Crippen LogP contribution < -0.4 is 5.32 Å². The highest BCUT2D eigenvalue weighted by Gasteiger charge is 2.26. The molecule has 0 heterocycles. The van der Waals surface area contributed by atoms with E-state index in [0.29, 0.717) is 0 Å². The fraction of sp³-hybridized carbons (Fsp3) is 0.750. The van der Waals surface area contributed by atoms with Crippen molar-refractivity contribution >= 4 is 24.5 Å². The summed E-state index contributed by atoms with van der Waals surface area (Å²) in [6.45, 7) is 5.17. The third-order valence-electron chi connectivity index (χ3n) is 1.47. The van der Waals surface area contributed by atoms with Crippen molar-refractivity contribution in [1.82, 2.24) is 5.32 Å². The average molecular weight is 205 g/mol. The molecule has 0 aromatic heterocycles. The first-order chi connectivity index (χ1) is 5.79. The Morgan fingerprint density at radius 3 is 2.15 bits per heavy atom. The molecule has 0 fully saturated rings. The quantitative estimate of drug-likeness (QED) is 0.589. The molecule has 0 aliphatic carbocycles. The van der Waals surface area contributed by atoms with E-state index in [1.165, 1.54) is 0 Å². The number of nitrogens with one attached hydrogen (secondary N) is 1. The summed E-state index contributed by atoms with van der Waals surface area (Å²) >= 11 is 3.83. The highest BCUT2D eigenvalue weighted by molar-refractivity contribution is 7.80. The zero-order chi connectivity index (χ0) is 10.6. The zero-order valence-corrected chi connectivity index (χ0v) is 8.89. The summed E-state index contributed by atoms with van der Waals surface area (Å²) in [7, 11) is 0. The van der Waals surface area contributed by atoms with Crippen LogP contribution in [-0.4, -0.2) is 28.8 Å². The SMILES string of the molecule is CC(C)(C)C(=O)NC(CS)C(=O)O. The minimum Gasteiger partial charge on any atom is -0.480 e. The van der Waals surface area contributed by atoms with E-state index in [-0.39, 0.29) is 11.7 Å². The lowest BCUT2D eigenvalue weighted by molar-refractivity contribution is -0.142. The van der Waals surface area contributed by atoms with E-state index in [0.717, 1.165) is 0 Å². The van der Waals surface area contributed by atoms with Crippen molar-refractivity contribution in [2.24, 2.45) is 5.41 Å². The van der Waals surface area contributed by atoms with E-state index in [4.69, 9.17) is 5.11 Å². The Bertz CT molecular complexity index is 210. The van der Waals surface area contributed by atoms with Crippen molar-refractivity contribution < 1.29 is 14.7 Å². The molecule has 0 aromatic rings. The van der Waals surface area contributed by atoms with Crippen molar-refractivity contribution in [3.63, 3.8) is 0 Å². The van der Waals surface area contributed by atoms with Gasteiger partial charge in [0.05, 0.1) is 0 Å². The molecule has 0 bridgehead atoms. The normalized spacial score (nSPS) is 13.5. The van der Waals surface area contributed by atoms with Gasteiger partial charge in [0.1, 0.15) is 6.04 Å². The van der Waals surface area contributed by atoms with Gasteiger partial charge in [-0.2, -0.15) is 12.6 Å². The fourth-order valence-corrected chi connectivity index (χ4v) is 0.808. The van der Waals surface area contributed by atoms with Crippen LogP contribution in [0.4, 0.5) is 0 Å². The molecule has 0 spiro atoms. The maximum absolute atomic E-state index is 11.3. The Hall–Kier alpha value is -0.710. The number of hydrogen-bond donors (Lipinski definition) is 3. The summed E-state index contributed by atoms with van der Waals surface area (Å²) in [5, 5.41) is 11.0. The second kappa shape index (κ2) is 4.50. The first-order valence-corrected chi connectivity index (χ1v) is 4.57. The van der Waals surface area contributed by atoms with Crippen LogP contribution in [0.15, 0.2) is 0 Å². The summed E-state index contributed by atoms with van der Waals surface area (Å²) in [5.41, 5.74) is -0.573. The number of carbonyl (C=O) groups is 2. The second-order valence-corrected chi connectivity index (χ2v) is 4.16. The fourth-order valence-electron chi connectivity index (χ4n) is 0.560. The summed E-state index contributed by atoms with van der Waals surface area (Å²) in [5.74, 6) is -1.25. The Balaban J connectivity index is 4.26. The number of carboxylic acids is 1. The molecule has 2 N–H and O–H groups in total. The molecule has 0 saturated carbocycles. The van der Waals surface area contributed by atoms with Crippen LogP contribution in [-0.2, 0) is 9.59 Å². The van der Waals surface area contributed by atoms with Crippen LogP contribution in [0, 0.1) is 5.41 Å². The van der Waals surface area contributed by atoms with Crippen molar-refractivity contribution in [1.29, 1.82) is 0 Å². The largest absolute Gasteiger partial charge is 0.480 e. The lowest BCUT2D eigenvalue weighted by Crippen LogP contribution is -2.46. The number of carboxylic acid groups (broad SMARTS) is 1. The molecule has 0 radical (unpaired) electrons. The highest BCUT2D eigenvalue weighted by atomic mass is 32.1. The Morgan fingerprint density at radius 2 is 1.92 bits per heavy atom. The number of rotatable bonds is 3. The van der Waals surface area contributed by atoms with Gasteiger partial charge in [0.2, 0.25) is 5.91 Å². The maximum Gasteiger partial charge on any atom is 0.327 e. The average Bonchev–Trinajstić information content (AvgIpc) is 1.96. The summed E-state index contributed by atoms with van der Waals surface area (Å²) < 4.78 is 0. The number of carbonyl (C=O) groups excluding carboxylic acids is 1. The van der Waals surface area contributed by atoms with Gasteiger partial charge in [0.25, 0.3) is 0 Å². The van der Waals surface area contributed by atoms with E-state index < -0.39 is 17.4 Å². The van der Waals surface area contributed by atoms with Crippen molar-refractivity contribution in [3.8, 4) is 0 Å². The van der Waals surface area contributed by atoms with E-state index in [2.05, 4.69) is 17.9 Å². The third-order valence-corrected chi connectivity index (χ3v) is 1.83. The van der Waals surface area contributed by atoms with Gasteiger partial charge < -0.3 is 10.4 Å². The van der Waals surface area contributed by atoms with Gasteiger partial charge in [0, 0.05) is 11.2 Å². The van der Waals surface area contributed by atoms with Crippen LogP contribution in [0.3, 0.4) is 0 Å². The Kier molecular flexibility index (Phi) is 4.26. The molecule has 13 heavy (non-hydrogen) atoms. The lowest BCUT2D eigenvalue weighted by Gasteiger charge is -2.20. The smallest absolute Gasteiger partial charge is 0.327 e. The molecular formula is C8H15NO3S. The van der Waals surface area contributed by atoms with Crippen LogP contribution in [0.5, 0.6) is 0 Å². The van der Waals surface area contributed by atoms with Crippen molar-refractivity contribution in [3.05, 3.63) is 0 Å². The maximum atomic E-state index is 11.3. The van der Waals surface area contributed by atoms with Gasteiger partial charge in [0.15, 0.2) is 0 Å². The molecule has 0 saturated heterocycles. The van der Waals surface area contributed by atoms with Gasteiger partial charge in [-0.05, 0) is 0 Å². The van der Waals surface area contributed by atoms with Crippen LogP contribution in [0.1, 0.15) is 20.8 Å². The Morgan fingerprint density at radius 1 is 1.46 bits per heavy atom. The molecule has 1 amide bonds. The predicted octanol–water partition coefficient (Wildman–Crippen LogP) is 0.532. The third kappa shape index (κ3) is 4.17. The number of thiol groups is 1. The van der Waals surface area contributed by atoms with Crippen LogP contribution in [0.25, 0.3) is 0 Å². The van der Waals surface area contributed by atoms with E-state index >= 15 is 0 Å². The number of hydrogen-bond acceptors (Lipinski definition) is 3. The van der Waals surface area contributed by atoms with Gasteiger partial charge in [-0.25, -0.2) is 4.79 Å². The topological polar surface area (TPSA) is 66.4 Å². The number of aliphatic carboxylic acids is 1. The standard InChI is InChI=1S/C8H15NO3S/c1-8(2,3)7(12)9-5(4-13)6(10)11/h5,13H,4H2,1-3H3,(H,9,12)(H,10,11). The number of amides is 1. The molecule has 0 aliphatic heterocycles. The summed E-state index contributed by atoms with van der Waals surface area (Å²) in [4.78, 5) is 21.9. The minimum absolute atomic E-state index is 0.0944. The van der Waals surface area contributed by atoms with E-state index in [1.54, 1.807) is 20.8 Å². The van der Waals surface area contributed by atoms with Gasteiger partial charge in [-0.15, -0.1) is 0 Å². The molecule has 1 unspecified atom stereocenters. The first-order valence-electron chi connectivity index (χ1n) is 3.93. The Labute approximate surface area is 83.1 Å². The van der Waals surface area contributed by atoms with E-state index in [9.17, 15) is 9.59 Å². The molecular weight excluding hydrogens is 190 g/mol. The van der Waals surface area contributed by atoms with Crippen molar-refractivity contribution in [2.45, 2.75) is 26.8 Å². The molecule has 76 valence electrons. The monoisotopic (exact) mass is 205 g/mol. The molecule has 5 heteroatoms. The van der Waals surface area contributed by atoms with E-state index in [1.807, 2.05) is 0 Å². The van der Waals surface area contributed by atoms with Gasteiger partial charge >= 0.3 is 5.97 Å². The second-order valence-electron chi connectivity index (χ2n) is 3.80. The van der Waals surface area contributed by atoms with Gasteiger partial charge in [-0.1, -0.05) is 20.8 Å². The summed E-state index contributed by atoms with van der Waals surface area (Å²) in [6, 6.07) is -0.907. The minimum atomic E-state index is -1.06. The highest BCUT2D eigenvalue weighted by Crippen LogP contribution is 2.12. The van der Waals surface area contributed by atoms with Crippen LogP contribution >= 0.6 is 12.6 Å².